The lowest BCUT2D eigenvalue weighted by Gasteiger charge is -2.26. The Hall–Kier alpha value is -2.55. The van der Waals surface area contributed by atoms with E-state index in [0.29, 0.717) is 60.3 Å². The average molecular weight is 388 g/mol. The molecule has 0 bridgehead atoms. The number of sulfonamides is 1. The van der Waals surface area contributed by atoms with Gasteiger partial charge in [-0.15, -0.1) is 0 Å². The van der Waals surface area contributed by atoms with Crippen LogP contribution in [-0.2, 0) is 14.8 Å². The molecule has 0 aliphatic carbocycles. The van der Waals surface area contributed by atoms with E-state index >= 15 is 0 Å². The first-order chi connectivity index (χ1) is 13.0. The SMILES string of the molecule is O=Cc1c(-c2ccc(F)cc2)[nH]c2ccc(S(=O)(=O)N3CCOCC3)cc12. The number of morpholine rings is 1. The minimum Gasteiger partial charge on any atom is -0.379 e. The van der Waals surface area contributed by atoms with Gasteiger partial charge >= 0.3 is 0 Å². The first kappa shape index (κ1) is 17.8. The van der Waals surface area contributed by atoms with E-state index < -0.39 is 10.0 Å². The Morgan fingerprint density at radius 2 is 1.78 bits per heavy atom. The molecule has 0 atom stereocenters. The summed E-state index contributed by atoms with van der Waals surface area (Å²) in [5.74, 6) is -0.374. The van der Waals surface area contributed by atoms with Crippen molar-refractivity contribution in [1.29, 1.82) is 0 Å². The van der Waals surface area contributed by atoms with Gasteiger partial charge in [-0.25, -0.2) is 12.8 Å². The molecule has 1 saturated heterocycles. The zero-order valence-corrected chi connectivity index (χ0v) is 15.1. The molecule has 1 aromatic heterocycles. The zero-order chi connectivity index (χ0) is 19.0. The highest BCUT2D eigenvalue weighted by molar-refractivity contribution is 7.89. The average Bonchev–Trinajstić information content (AvgIpc) is 3.07. The number of carbonyl (C=O) groups is 1. The molecule has 2 heterocycles. The molecule has 4 rings (SSSR count). The number of H-pyrrole nitrogens is 1. The minimum absolute atomic E-state index is 0.129. The number of benzene rings is 2. The molecule has 0 saturated carbocycles. The second-order valence-electron chi connectivity index (χ2n) is 6.26. The van der Waals surface area contributed by atoms with Crippen LogP contribution >= 0.6 is 0 Å². The van der Waals surface area contributed by atoms with Gasteiger partial charge in [-0.1, -0.05) is 0 Å². The number of aromatic amines is 1. The number of nitrogens with zero attached hydrogens (tertiary/aromatic N) is 1. The Labute approximate surface area is 155 Å². The number of aromatic nitrogens is 1. The molecular weight excluding hydrogens is 371 g/mol. The van der Waals surface area contributed by atoms with E-state index in [1.807, 2.05) is 0 Å². The van der Waals surface area contributed by atoms with E-state index in [2.05, 4.69) is 4.98 Å². The Morgan fingerprint density at radius 3 is 2.44 bits per heavy atom. The van der Waals surface area contributed by atoms with Crippen LogP contribution in [0, 0.1) is 5.82 Å². The topological polar surface area (TPSA) is 79.5 Å². The van der Waals surface area contributed by atoms with Crippen LogP contribution in [-0.4, -0.2) is 50.3 Å². The molecule has 1 N–H and O–H groups in total. The van der Waals surface area contributed by atoms with Gasteiger partial charge in [-0.3, -0.25) is 4.79 Å². The number of halogens is 1. The largest absolute Gasteiger partial charge is 0.379 e. The van der Waals surface area contributed by atoms with E-state index in [1.54, 1.807) is 18.2 Å². The van der Waals surface area contributed by atoms with Gasteiger partial charge in [0.25, 0.3) is 0 Å². The van der Waals surface area contributed by atoms with Crippen LogP contribution in [0.1, 0.15) is 10.4 Å². The van der Waals surface area contributed by atoms with Crippen molar-refractivity contribution in [2.75, 3.05) is 26.3 Å². The Balaban J connectivity index is 1.82. The maximum Gasteiger partial charge on any atom is 0.243 e. The highest BCUT2D eigenvalue weighted by Gasteiger charge is 2.27. The molecule has 1 aliphatic rings. The monoisotopic (exact) mass is 388 g/mol. The van der Waals surface area contributed by atoms with Crippen molar-refractivity contribution in [3.8, 4) is 11.3 Å². The smallest absolute Gasteiger partial charge is 0.243 e. The molecule has 0 unspecified atom stereocenters. The number of nitrogens with one attached hydrogen (secondary N) is 1. The van der Waals surface area contributed by atoms with Gasteiger partial charge < -0.3 is 9.72 Å². The van der Waals surface area contributed by atoms with Crippen LogP contribution in [0.5, 0.6) is 0 Å². The highest BCUT2D eigenvalue weighted by atomic mass is 32.2. The second-order valence-corrected chi connectivity index (χ2v) is 8.20. The summed E-state index contributed by atoms with van der Waals surface area (Å²) < 4.78 is 45.5. The van der Waals surface area contributed by atoms with Crippen molar-refractivity contribution in [3.05, 3.63) is 53.8 Å². The van der Waals surface area contributed by atoms with Gasteiger partial charge in [0.05, 0.1) is 23.8 Å². The molecule has 0 amide bonds. The summed E-state index contributed by atoms with van der Waals surface area (Å²) in [5, 5.41) is 0.513. The van der Waals surface area contributed by atoms with E-state index in [4.69, 9.17) is 4.74 Å². The van der Waals surface area contributed by atoms with Crippen molar-refractivity contribution in [3.63, 3.8) is 0 Å². The predicted molar refractivity (Wildman–Crippen MR) is 98.7 cm³/mol. The highest BCUT2D eigenvalue weighted by Crippen LogP contribution is 2.31. The summed E-state index contributed by atoms with van der Waals surface area (Å²) in [4.78, 5) is 15.0. The second kappa shape index (κ2) is 6.88. The molecule has 140 valence electrons. The van der Waals surface area contributed by atoms with E-state index in [0.717, 1.165) is 0 Å². The first-order valence-electron chi connectivity index (χ1n) is 8.45. The van der Waals surface area contributed by atoms with Gasteiger partial charge in [-0.2, -0.15) is 4.31 Å². The van der Waals surface area contributed by atoms with E-state index in [1.165, 1.54) is 28.6 Å². The molecule has 0 spiro atoms. The maximum absolute atomic E-state index is 13.2. The fourth-order valence-corrected chi connectivity index (χ4v) is 4.69. The normalized spacial score (nSPS) is 15.9. The molecule has 1 aliphatic heterocycles. The van der Waals surface area contributed by atoms with Crippen LogP contribution in [0.25, 0.3) is 22.2 Å². The summed E-state index contributed by atoms with van der Waals surface area (Å²) >= 11 is 0. The molecule has 0 radical (unpaired) electrons. The van der Waals surface area contributed by atoms with Crippen molar-refractivity contribution in [2.45, 2.75) is 4.90 Å². The predicted octanol–water partition coefficient (Wildman–Crippen LogP) is 2.81. The molecule has 27 heavy (non-hydrogen) atoms. The lowest BCUT2D eigenvalue weighted by molar-refractivity contribution is 0.0730. The Bertz CT molecular complexity index is 1100. The maximum atomic E-state index is 13.2. The molecule has 8 heteroatoms. The van der Waals surface area contributed by atoms with Gasteiger partial charge in [-0.05, 0) is 48.0 Å². The molecule has 3 aromatic rings. The number of aldehydes is 1. The standard InChI is InChI=1S/C19H17FN2O4S/c20-14-3-1-13(2-4-14)19-17(12-23)16-11-15(5-6-18(16)21-19)27(24,25)22-7-9-26-10-8-22/h1-6,11-12,21H,7-10H2. The Kier molecular flexibility index (Phi) is 4.55. The summed E-state index contributed by atoms with van der Waals surface area (Å²) in [5.41, 5.74) is 2.15. The third-order valence-corrected chi connectivity index (χ3v) is 6.56. The molecule has 6 nitrogen and oxygen atoms in total. The number of hydrogen-bond donors (Lipinski definition) is 1. The fourth-order valence-electron chi connectivity index (χ4n) is 3.25. The van der Waals surface area contributed by atoms with Gasteiger partial charge in [0.2, 0.25) is 10.0 Å². The van der Waals surface area contributed by atoms with Crippen molar-refractivity contribution < 1.29 is 22.3 Å². The summed E-state index contributed by atoms with van der Waals surface area (Å²) in [6.45, 7) is 1.32. The number of fused-ring (bicyclic) bond motifs is 1. The number of carbonyl (C=O) groups excluding carboxylic acids is 1. The lowest BCUT2D eigenvalue weighted by Crippen LogP contribution is -2.40. The number of ether oxygens (including phenoxy) is 1. The lowest BCUT2D eigenvalue weighted by atomic mass is 10.1. The third-order valence-electron chi connectivity index (χ3n) is 4.67. The van der Waals surface area contributed by atoms with Crippen LogP contribution < -0.4 is 0 Å². The van der Waals surface area contributed by atoms with Crippen LogP contribution in [0.4, 0.5) is 4.39 Å². The van der Waals surface area contributed by atoms with Gasteiger partial charge in [0.15, 0.2) is 6.29 Å². The third kappa shape index (κ3) is 3.16. The van der Waals surface area contributed by atoms with Crippen LogP contribution in [0.3, 0.4) is 0 Å². The number of rotatable bonds is 4. The van der Waals surface area contributed by atoms with E-state index in [-0.39, 0.29) is 10.7 Å². The summed E-state index contributed by atoms with van der Waals surface area (Å²) in [7, 11) is -3.67. The van der Waals surface area contributed by atoms with Crippen molar-refractivity contribution in [1.82, 2.24) is 9.29 Å². The Morgan fingerprint density at radius 1 is 1.07 bits per heavy atom. The van der Waals surface area contributed by atoms with Crippen molar-refractivity contribution in [2.24, 2.45) is 0 Å². The minimum atomic E-state index is -3.67. The first-order valence-corrected chi connectivity index (χ1v) is 9.89. The van der Waals surface area contributed by atoms with Crippen molar-refractivity contribution >= 4 is 27.2 Å². The summed E-state index contributed by atoms with van der Waals surface area (Å²) in [6.07, 6.45) is 0.683. The van der Waals surface area contributed by atoms with Crippen LogP contribution in [0.15, 0.2) is 47.4 Å². The molecule has 1 fully saturated rings. The van der Waals surface area contributed by atoms with Gasteiger partial charge in [0, 0.05) is 29.6 Å². The van der Waals surface area contributed by atoms with E-state index in [9.17, 15) is 17.6 Å². The summed E-state index contributed by atoms with van der Waals surface area (Å²) in [6, 6.07) is 10.4. The van der Waals surface area contributed by atoms with Crippen LogP contribution in [0.2, 0.25) is 0 Å². The van der Waals surface area contributed by atoms with Gasteiger partial charge in [0.1, 0.15) is 5.82 Å². The molecular formula is C19H17FN2O4S. The quantitative estimate of drug-likeness (QED) is 0.697. The fraction of sp³-hybridized carbons (Fsp3) is 0.211. The number of hydrogen-bond acceptors (Lipinski definition) is 4. The zero-order valence-electron chi connectivity index (χ0n) is 14.3. The molecule has 2 aromatic carbocycles.